The summed E-state index contributed by atoms with van der Waals surface area (Å²) < 4.78 is 0. The van der Waals surface area contributed by atoms with E-state index in [9.17, 15) is 10.1 Å². The number of rotatable bonds is 2. The van der Waals surface area contributed by atoms with Gasteiger partial charge >= 0.3 is 0 Å². The van der Waals surface area contributed by atoms with E-state index in [0.717, 1.165) is 16.8 Å². The molecule has 1 aromatic heterocycles. The number of hydrogen-bond donors (Lipinski definition) is 1. The summed E-state index contributed by atoms with van der Waals surface area (Å²) in [5, 5.41) is 10.6. The van der Waals surface area contributed by atoms with Crippen molar-refractivity contribution in [3.05, 3.63) is 52.2 Å². The lowest BCUT2D eigenvalue weighted by atomic mass is 10.1. The molecule has 0 radical (unpaired) electrons. The molecule has 76 valence electrons. The number of hydrogen-bond acceptors (Lipinski definition) is 2. The molecule has 2 aromatic rings. The van der Waals surface area contributed by atoms with Crippen molar-refractivity contribution in [3.63, 3.8) is 0 Å². The van der Waals surface area contributed by atoms with Gasteiger partial charge in [0.2, 0.25) is 0 Å². The van der Waals surface area contributed by atoms with Crippen LogP contribution in [0.3, 0.4) is 0 Å². The first kappa shape index (κ1) is 9.45. The van der Waals surface area contributed by atoms with Crippen LogP contribution in [0, 0.1) is 17.0 Å². The van der Waals surface area contributed by atoms with E-state index < -0.39 is 0 Å². The van der Waals surface area contributed by atoms with Crippen molar-refractivity contribution in [1.29, 1.82) is 0 Å². The molecule has 0 aliphatic rings. The number of nitrogens with zero attached hydrogens (tertiary/aromatic N) is 1. The topological polar surface area (TPSA) is 58.9 Å². The second kappa shape index (κ2) is 3.57. The summed E-state index contributed by atoms with van der Waals surface area (Å²) in [6, 6.07) is 8.62. The van der Waals surface area contributed by atoms with Crippen LogP contribution in [-0.4, -0.2) is 9.91 Å². The van der Waals surface area contributed by atoms with Crippen molar-refractivity contribution in [2.24, 2.45) is 0 Å². The molecule has 0 aliphatic carbocycles. The van der Waals surface area contributed by atoms with E-state index in [2.05, 4.69) is 4.98 Å². The zero-order chi connectivity index (χ0) is 10.8. The number of aromatic amines is 1. The largest absolute Gasteiger partial charge is 0.361 e. The quantitative estimate of drug-likeness (QED) is 0.601. The van der Waals surface area contributed by atoms with Gasteiger partial charge in [-0.15, -0.1) is 0 Å². The van der Waals surface area contributed by atoms with Crippen molar-refractivity contribution in [1.82, 2.24) is 4.98 Å². The lowest BCUT2D eigenvalue weighted by Gasteiger charge is -2.02. The molecule has 1 aromatic carbocycles. The number of nitro groups is 1. The van der Waals surface area contributed by atoms with Crippen LogP contribution in [0.1, 0.15) is 5.56 Å². The van der Waals surface area contributed by atoms with E-state index in [1.807, 2.05) is 19.1 Å². The Hall–Kier alpha value is -2.10. The van der Waals surface area contributed by atoms with Crippen molar-refractivity contribution in [2.45, 2.75) is 6.92 Å². The minimum absolute atomic E-state index is 0.116. The zero-order valence-corrected chi connectivity index (χ0v) is 8.23. The van der Waals surface area contributed by atoms with Gasteiger partial charge in [-0.05, 0) is 24.6 Å². The molecule has 0 amide bonds. The average Bonchev–Trinajstić information content (AvgIpc) is 2.71. The monoisotopic (exact) mass is 202 g/mol. The minimum Gasteiger partial charge on any atom is -0.361 e. The van der Waals surface area contributed by atoms with Crippen LogP contribution in [0.5, 0.6) is 0 Å². The maximum Gasteiger partial charge on any atom is 0.270 e. The highest BCUT2D eigenvalue weighted by Gasteiger charge is 2.10. The van der Waals surface area contributed by atoms with Gasteiger partial charge < -0.3 is 4.98 Å². The molecule has 0 aliphatic heterocycles. The van der Waals surface area contributed by atoms with Gasteiger partial charge in [0.25, 0.3) is 5.69 Å². The number of benzene rings is 1. The fourth-order valence-corrected chi connectivity index (χ4v) is 1.51. The van der Waals surface area contributed by atoms with Crippen LogP contribution in [0.25, 0.3) is 11.3 Å². The normalized spacial score (nSPS) is 10.2. The first-order valence-corrected chi connectivity index (χ1v) is 4.57. The molecule has 1 N–H and O–H groups in total. The van der Waals surface area contributed by atoms with Gasteiger partial charge in [0.1, 0.15) is 0 Å². The average molecular weight is 202 g/mol. The molecule has 4 nitrogen and oxygen atoms in total. The van der Waals surface area contributed by atoms with Crippen LogP contribution < -0.4 is 0 Å². The zero-order valence-electron chi connectivity index (χ0n) is 8.23. The summed E-state index contributed by atoms with van der Waals surface area (Å²) in [7, 11) is 0. The molecule has 0 atom stereocenters. The van der Waals surface area contributed by atoms with Crippen LogP contribution in [0.4, 0.5) is 5.69 Å². The first-order chi connectivity index (χ1) is 7.18. The summed E-state index contributed by atoms with van der Waals surface area (Å²) in [6.07, 6.45) is 1.80. The first-order valence-electron chi connectivity index (χ1n) is 4.57. The van der Waals surface area contributed by atoms with Gasteiger partial charge in [-0.25, -0.2) is 0 Å². The van der Waals surface area contributed by atoms with E-state index in [1.54, 1.807) is 18.3 Å². The lowest BCUT2D eigenvalue weighted by Crippen LogP contribution is -1.90. The Bertz CT molecular complexity index is 489. The van der Waals surface area contributed by atoms with Crippen molar-refractivity contribution < 1.29 is 4.92 Å². The highest BCUT2D eigenvalue weighted by Crippen LogP contribution is 2.25. The summed E-state index contributed by atoms with van der Waals surface area (Å²) in [5.74, 6) is 0. The lowest BCUT2D eigenvalue weighted by molar-refractivity contribution is -0.384. The molecule has 0 spiro atoms. The highest BCUT2D eigenvalue weighted by atomic mass is 16.6. The van der Waals surface area contributed by atoms with E-state index in [1.165, 1.54) is 6.07 Å². The van der Waals surface area contributed by atoms with Gasteiger partial charge in [0.15, 0.2) is 0 Å². The molecule has 4 heteroatoms. The number of aryl methyl sites for hydroxylation is 1. The second-order valence-corrected chi connectivity index (χ2v) is 3.34. The third kappa shape index (κ3) is 1.74. The smallest absolute Gasteiger partial charge is 0.270 e. The Morgan fingerprint density at radius 3 is 2.73 bits per heavy atom. The third-order valence-electron chi connectivity index (χ3n) is 2.32. The molecule has 0 bridgehead atoms. The Labute approximate surface area is 86.7 Å². The van der Waals surface area contributed by atoms with Crippen LogP contribution in [-0.2, 0) is 0 Å². The molecule has 15 heavy (non-hydrogen) atoms. The van der Waals surface area contributed by atoms with Crippen molar-refractivity contribution in [3.8, 4) is 11.3 Å². The number of aromatic nitrogens is 1. The van der Waals surface area contributed by atoms with Gasteiger partial charge in [-0.2, -0.15) is 0 Å². The molecule has 1 heterocycles. The molecule has 2 rings (SSSR count). The summed E-state index contributed by atoms with van der Waals surface area (Å²) in [6.45, 7) is 1.93. The maximum absolute atomic E-state index is 10.6. The Balaban J connectivity index is 2.55. The fraction of sp³-hybridized carbons (Fsp3) is 0.0909. The summed E-state index contributed by atoms with van der Waals surface area (Å²) in [4.78, 5) is 13.3. The second-order valence-electron chi connectivity index (χ2n) is 3.34. The standard InChI is InChI=1S/C11H10N2O2/c1-8-4-5-9(13(14)15)7-10(8)11-3-2-6-12-11/h2-7,12H,1H3. The van der Waals surface area contributed by atoms with Crippen LogP contribution in [0.15, 0.2) is 36.5 Å². The molecular formula is C11H10N2O2. The van der Waals surface area contributed by atoms with Gasteiger partial charge in [-0.1, -0.05) is 6.07 Å². The Morgan fingerprint density at radius 2 is 2.13 bits per heavy atom. The van der Waals surface area contributed by atoms with E-state index >= 15 is 0 Å². The SMILES string of the molecule is Cc1ccc([N+](=O)[O-])cc1-c1ccc[nH]1. The predicted octanol–water partition coefficient (Wildman–Crippen LogP) is 2.90. The number of nitrogens with one attached hydrogen (secondary N) is 1. The van der Waals surface area contributed by atoms with Gasteiger partial charge in [0, 0.05) is 29.6 Å². The summed E-state index contributed by atoms with van der Waals surface area (Å²) >= 11 is 0. The number of non-ortho nitro benzene ring substituents is 1. The summed E-state index contributed by atoms with van der Waals surface area (Å²) in [5.41, 5.74) is 2.90. The number of H-pyrrole nitrogens is 1. The van der Waals surface area contributed by atoms with E-state index in [-0.39, 0.29) is 10.6 Å². The van der Waals surface area contributed by atoms with Gasteiger partial charge in [-0.3, -0.25) is 10.1 Å². The molecule has 0 unspecified atom stereocenters. The third-order valence-corrected chi connectivity index (χ3v) is 2.32. The minimum atomic E-state index is -0.383. The molecule has 0 saturated carbocycles. The van der Waals surface area contributed by atoms with E-state index in [0.29, 0.717) is 0 Å². The van der Waals surface area contributed by atoms with E-state index in [4.69, 9.17) is 0 Å². The van der Waals surface area contributed by atoms with Crippen LogP contribution in [0.2, 0.25) is 0 Å². The molecular weight excluding hydrogens is 192 g/mol. The maximum atomic E-state index is 10.6. The van der Waals surface area contributed by atoms with Crippen molar-refractivity contribution in [2.75, 3.05) is 0 Å². The van der Waals surface area contributed by atoms with Gasteiger partial charge in [0.05, 0.1) is 4.92 Å². The fourth-order valence-electron chi connectivity index (χ4n) is 1.51. The van der Waals surface area contributed by atoms with Crippen molar-refractivity contribution >= 4 is 5.69 Å². The van der Waals surface area contributed by atoms with Crippen LogP contribution >= 0.6 is 0 Å². The molecule has 0 saturated heterocycles. The highest BCUT2D eigenvalue weighted by molar-refractivity contribution is 5.66. The Morgan fingerprint density at radius 1 is 1.33 bits per heavy atom. The predicted molar refractivity (Wildman–Crippen MR) is 57.6 cm³/mol. The molecule has 0 fully saturated rings. The Kier molecular flexibility index (Phi) is 2.25. The number of nitro benzene ring substituents is 1.